The van der Waals surface area contributed by atoms with Gasteiger partial charge in [-0.1, -0.05) is 69.3 Å². The zero-order valence-electron chi connectivity index (χ0n) is 14.9. The molecular weight excluding hydrogens is 278 g/mol. The fraction of sp³-hybridized carbons (Fsp3) is 0.364. The van der Waals surface area contributed by atoms with Gasteiger partial charge in [-0.15, -0.1) is 0 Å². The van der Waals surface area contributed by atoms with Gasteiger partial charge in [0.2, 0.25) is 0 Å². The Morgan fingerprint density at radius 3 is 2.13 bits per heavy atom. The summed E-state index contributed by atoms with van der Waals surface area (Å²) in [6, 6.07) is 17.4. The topological polar surface area (TPSA) is 12.0 Å². The third-order valence-corrected chi connectivity index (χ3v) is 4.16. The third-order valence-electron chi connectivity index (χ3n) is 4.16. The fourth-order valence-corrected chi connectivity index (χ4v) is 2.94. The molecule has 2 aromatic carbocycles. The zero-order chi connectivity index (χ0) is 16.8. The van der Waals surface area contributed by atoms with E-state index < -0.39 is 0 Å². The number of benzene rings is 2. The van der Waals surface area contributed by atoms with E-state index in [4.69, 9.17) is 0 Å². The van der Waals surface area contributed by atoms with Crippen LogP contribution in [0.15, 0.2) is 60.8 Å². The van der Waals surface area contributed by atoms with Gasteiger partial charge >= 0.3 is 0 Å². The Bertz CT molecular complexity index is 620. The van der Waals surface area contributed by atoms with Crippen LogP contribution in [-0.4, -0.2) is 0 Å². The number of hydrogen-bond donors (Lipinski definition) is 1. The summed E-state index contributed by atoms with van der Waals surface area (Å²) in [5.41, 5.74) is 6.13. The van der Waals surface area contributed by atoms with Crippen LogP contribution in [0.1, 0.15) is 49.8 Å². The molecule has 0 aliphatic heterocycles. The molecule has 23 heavy (non-hydrogen) atoms. The Morgan fingerprint density at radius 2 is 1.57 bits per heavy atom. The van der Waals surface area contributed by atoms with E-state index in [1.54, 1.807) is 0 Å². The van der Waals surface area contributed by atoms with Crippen molar-refractivity contribution < 1.29 is 0 Å². The molecule has 0 saturated carbocycles. The van der Waals surface area contributed by atoms with Gasteiger partial charge in [-0.05, 0) is 48.4 Å². The van der Waals surface area contributed by atoms with Crippen molar-refractivity contribution in [2.45, 2.75) is 46.5 Å². The van der Waals surface area contributed by atoms with Crippen molar-refractivity contribution in [2.75, 3.05) is 5.32 Å². The van der Waals surface area contributed by atoms with Gasteiger partial charge in [-0.2, -0.15) is 0 Å². The minimum atomic E-state index is 0.611. The second-order valence-electron chi connectivity index (χ2n) is 7.04. The summed E-state index contributed by atoms with van der Waals surface area (Å²) in [5.74, 6) is 1.34. The van der Waals surface area contributed by atoms with Crippen LogP contribution in [0.3, 0.4) is 0 Å². The van der Waals surface area contributed by atoms with E-state index in [1.165, 1.54) is 23.1 Å². The Hall–Kier alpha value is -2.02. The van der Waals surface area contributed by atoms with Gasteiger partial charge in [0, 0.05) is 17.8 Å². The van der Waals surface area contributed by atoms with E-state index in [0.29, 0.717) is 5.92 Å². The molecule has 0 radical (unpaired) electrons. The summed E-state index contributed by atoms with van der Waals surface area (Å²) < 4.78 is 0. The molecular formula is C22H29N. The number of anilines is 1. The molecule has 1 N–H and O–H groups in total. The molecule has 0 fully saturated rings. The predicted molar refractivity (Wildman–Crippen MR) is 102 cm³/mol. The maximum absolute atomic E-state index is 4.15. The average Bonchev–Trinajstić information content (AvgIpc) is 2.49. The summed E-state index contributed by atoms with van der Waals surface area (Å²) in [6.07, 6.45) is 2.08. The molecule has 0 saturated heterocycles. The molecule has 1 atom stereocenters. The van der Waals surface area contributed by atoms with Crippen molar-refractivity contribution in [1.82, 2.24) is 0 Å². The van der Waals surface area contributed by atoms with Crippen molar-refractivity contribution >= 4 is 5.69 Å². The molecule has 1 nitrogen and oxygen atoms in total. The Morgan fingerprint density at radius 1 is 0.957 bits per heavy atom. The first-order chi connectivity index (χ1) is 10.9. The van der Waals surface area contributed by atoms with Crippen LogP contribution in [0.25, 0.3) is 0 Å². The monoisotopic (exact) mass is 307 g/mol. The van der Waals surface area contributed by atoms with E-state index in [-0.39, 0.29) is 0 Å². The van der Waals surface area contributed by atoms with Crippen molar-refractivity contribution in [3.8, 4) is 0 Å². The number of rotatable bonds is 7. The lowest BCUT2D eigenvalue weighted by atomic mass is 9.92. The molecule has 0 heterocycles. The largest absolute Gasteiger partial charge is 0.359 e. The van der Waals surface area contributed by atoms with Crippen LogP contribution in [0.5, 0.6) is 0 Å². The minimum absolute atomic E-state index is 0.611. The van der Waals surface area contributed by atoms with E-state index in [9.17, 15) is 0 Å². The standard InChI is InChI=1S/C22H29N/c1-16(2)14-18(4)21-10-12-22(13-11-21)23-19(5)15-20-8-6-17(3)7-9-20/h6-13,16,18,23H,5,14-15H2,1-4H3. The smallest absolute Gasteiger partial charge is 0.0381 e. The highest BCUT2D eigenvalue weighted by Crippen LogP contribution is 2.24. The van der Waals surface area contributed by atoms with Crippen molar-refractivity contribution in [3.63, 3.8) is 0 Å². The second-order valence-corrected chi connectivity index (χ2v) is 7.04. The van der Waals surface area contributed by atoms with Gasteiger partial charge in [-0.3, -0.25) is 0 Å². The highest BCUT2D eigenvalue weighted by molar-refractivity contribution is 5.50. The Labute approximate surface area is 141 Å². The van der Waals surface area contributed by atoms with Crippen LogP contribution in [-0.2, 0) is 6.42 Å². The SMILES string of the molecule is C=C(Cc1ccc(C)cc1)Nc1ccc(C(C)CC(C)C)cc1. The van der Waals surface area contributed by atoms with Crippen molar-refractivity contribution in [3.05, 3.63) is 77.5 Å². The summed E-state index contributed by atoms with van der Waals surface area (Å²) in [5, 5.41) is 3.42. The van der Waals surface area contributed by atoms with E-state index in [2.05, 4.69) is 88.1 Å². The molecule has 2 rings (SSSR count). The predicted octanol–water partition coefficient (Wildman–Crippen LogP) is 6.31. The van der Waals surface area contributed by atoms with E-state index in [1.807, 2.05) is 0 Å². The van der Waals surface area contributed by atoms with Gasteiger partial charge in [-0.25, -0.2) is 0 Å². The fourth-order valence-electron chi connectivity index (χ4n) is 2.94. The van der Waals surface area contributed by atoms with Crippen LogP contribution in [0.2, 0.25) is 0 Å². The van der Waals surface area contributed by atoms with Crippen molar-refractivity contribution in [2.24, 2.45) is 5.92 Å². The normalized spacial score (nSPS) is 12.2. The maximum atomic E-state index is 4.15. The van der Waals surface area contributed by atoms with Gasteiger partial charge in [0.05, 0.1) is 0 Å². The third kappa shape index (κ3) is 5.59. The summed E-state index contributed by atoms with van der Waals surface area (Å²) in [6.45, 7) is 13.1. The van der Waals surface area contributed by atoms with Gasteiger partial charge in [0.15, 0.2) is 0 Å². The molecule has 0 spiro atoms. The summed E-state index contributed by atoms with van der Waals surface area (Å²) >= 11 is 0. The van der Waals surface area contributed by atoms with Crippen LogP contribution in [0, 0.1) is 12.8 Å². The summed E-state index contributed by atoms with van der Waals surface area (Å²) in [7, 11) is 0. The molecule has 122 valence electrons. The molecule has 1 heteroatoms. The lowest BCUT2D eigenvalue weighted by Gasteiger charge is -2.15. The Balaban J connectivity index is 1.92. The van der Waals surface area contributed by atoms with Gasteiger partial charge in [0.1, 0.15) is 0 Å². The minimum Gasteiger partial charge on any atom is -0.359 e. The molecule has 0 aliphatic rings. The average molecular weight is 307 g/mol. The quantitative estimate of drug-likeness (QED) is 0.631. The zero-order valence-corrected chi connectivity index (χ0v) is 14.9. The maximum Gasteiger partial charge on any atom is 0.0381 e. The molecule has 1 unspecified atom stereocenters. The van der Waals surface area contributed by atoms with Crippen LogP contribution >= 0.6 is 0 Å². The molecule has 0 bridgehead atoms. The molecule has 0 amide bonds. The van der Waals surface area contributed by atoms with Crippen LogP contribution in [0.4, 0.5) is 5.69 Å². The Kier molecular flexibility index (Phi) is 6.04. The first-order valence-corrected chi connectivity index (χ1v) is 8.54. The van der Waals surface area contributed by atoms with E-state index >= 15 is 0 Å². The number of nitrogens with one attached hydrogen (secondary N) is 1. The molecule has 0 aromatic heterocycles. The lowest BCUT2D eigenvalue weighted by Crippen LogP contribution is -2.02. The van der Waals surface area contributed by atoms with Gasteiger partial charge in [0.25, 0.3) is 0 Å². The molecule has 0 aliphatic carbocycles. The van der Waals surface area contributed by atoms with E-state index in [0.717, 1.165) is 23.7 Å². The van der Waals surface area contributed by atoms with Crippen molar-refractivity contribution in [1.29, 1.82) is 0 Å². The molecule has 2 aromatic rings. The number of aryl methyl sites for hydroxylation is 1. The highest BCUT2D eigenvalue weighted by Gasteiger charge is 2.08. The number of allylic oxidation sites excluding steroid dienone is 1. The van der Waals surface area contributed by atoms with Crippen LogP contribution < -0.4 is 5.32 Å². The van der Waals surface area contributed by atoms with Gasteiger partial charge < -0.3 is 5.32 Å². The summed E-state index contributed by atoms with van der Waals surface area (Å²) in [4.78, 5) is 0. The highest BCUT2D eigenvalue weighted by atomic mass is 14.9. The second kappa shape index (κ2) is 8.01. The number of hydrogen-bond acceptors (Lipinski definition) is 1. The first kappa shape index (κ1) is 17.3. The lowest BCUT2D eigenvalue weighted by molar-refractivity contribution is 0.524. The first-order valence-electron chi connectivity index (χ1n) is 8.54.